The molecule has 0 bridgehead atoms. The maximum atomic E-state index is 13.0. The Morgan fingerprint density at radius 1 is 1.00 bits per heavy atom. The Morgan fingerprint density at radius 2 is 1.73 bits per heavy atom. The highest BCUT2D eigenvalue weighted by atomic mass is 19.4. The van der Waals surface area contributed by atoms with E-state index >= 15 is 0 Å². The van der Waals surface area contributed by atoms with Crippen LogP contribution in [0.25, 0.3) is 0 Å². The lowest BCUT2D eigenvalue weighted by Gasteiger charge is -2.14. The number of hydrogen-bond acceptors (Lipinski definition) is 7. The second-order valence-corrected chi connectivity index (χ2v) is 11.2. The molecule has 0 spiro atoms. The zero-order valence-corrected chi connectivity index (χ0v) is 26.0. The zero-order valence-electron chi connectivity index (χ0n) is 26.0. The Morgan fingerprint density at radius 3 is 2.44 bits per heavy atom. The average Bonchev–Trinajstić information content (AvgIpc) is 3.01. The summed E-state index contributed by atoms with van der Waals surface area (Å²) in [4.78, 5) is 20.7. The quantitative estimate of drug-likeness (QED) is 0.0597. The van der Waals surface area contributed by atoms with Gasteiger partial charge in [-0.2, -0.15) is 13.2 Å². The topological polar surface area (TPSA) is 143 Å². The minimum atomic E-state index is -4.56. The average molecular weight is 624 g/mol. The summed E-state index contributed by atoms with van der Waals surface area (Å²) in [5.41, 5.74) is 13.7. The molecule has 1 unspecified atom stereocenters. The van der Waals surface area contributed by atoms with Gasteiger partial charge in [-0.25, -0.2) is 9.97 Å². The van der Waals surface area contributed by atoms with Gasteiger partial charge in [0.15, 0.2) is 0 Å². The molecule has 45 heavy (non-hydrogen) atoms. The molecule has 0 radical (unpaired) electrons. The maximum Gasteiger partial charge on any atom is 0.416 e. The normalized spacial score (nSPS) is 12.4. The lowest BCUT2D eigenvalue weighted by Crippen LogP contribution is -2.26. The number of rotatable bonds is 17. The first kappa shape index (κ1) is 35.2. The summed E-state index contributed by atoms with van der Waals surface area (Å²) in [5, 5.41) is 14.7. The van der Waals surface area contributed by atoms with Gasteiger partial charge >= 0.3 is 6.18 Å². The number of hydrogen-bond donors (Lipinski definition) is 5. The molecule has 1 amide bonds. The number of alkyl halides is 3. The highest BCUT2D eigenvalue weighted by Gasteiger charge is 2.31. The molecule has 7 N–H and O–H groups in total. The van der Waals surface area contributed by atoms with Crippen molar-refractivity contribution >= 4 is 28.9 Å². The van der Waals surface area contributed by atoms with Gasteiger partial charge in [0.25, 0.3) is 5.91 Å². The van der Waals surface area contributed by atoms with Crippen LogP contribution in [0.15, 0.2) is 60.9 Å². The van der Waals surface area contributed by atoms with Crippen LogP contribution in [0.1, 0.15) is 97.8 Å². The molecule has 0 fully saturated rings. The van der Waals surface area contributed by atoms with Crippen molar-refractivity contribution in [3.05, 3.63) is 88.8 Å². The van der Waals surface area contributed by atoms with E-state index in [1.54, 1.807) is 18.3 Å². The molecule has 1 aromatic carbocycles. The molecule has 3 rings (SSSR count). The Kier molecular flexibility index (Phi) is 13.5. The number of anilines is 3. The van der Waals surface area contributed by atoms with Crippen molar-refractivity contribution in [3.63, 3.8) is 0 Å². The van der Waals surface area contributed by atoms with Crippen LogP contribution in [0, 0.1) is 5.41 Å². The number of amides is 1. The third-order valence-electron chi connectivity index (χ3n) is 7.53. The van der Waals surface area contributed by atoms with Crippen molar-refractivity contribution in [3.8, 4) is 0 Å². The van der Waals surface area contributed by atoms with Gasteiger partial charge in [-0.3, -0.25) is 10.2 Å². The van der Waals surface area contributed by atoms with E-state index in [4.69, 9.17) is 16.9 Å². The van der Waals surface area contributed by atoms with E-state index < -0.39 is 17.6 Å². The van der Waals surface area contributed by atoms with E-state index in [0.29, 0.717) is 29.3 Å². The summed E-state index contributed by atoms with van der Waals surface area (Å²) in [6.07, 6.45) is 12.3. The first-order chi connectivity index (χ1) is 21.5. The number of halogens is 3. The second kappa shape index (κ2) is 17.3. The Hall–Kier alpha value is -4.25. The molecular formula is C34H44F3N7O. The number of pyridine rings is 2. The second-order valence-electron chi connectivity index (χ2n) is 11.2. The van der Waals surface area contributed by atoms with Crippen LogP contribution < -0.4 is 22.1 Å². The predicted octanol–water partition coefficient (Wildman–Crippen LogP) is 7.55. The van der Waals surface area contributed by atoms with Crippen LogP contribution in [0.3, 0.4) is 0 Å². The fourth-order valence-electron chi connectivity index (χ4n) is 4.84. The number of benzene rings is 1. The Labute approximate surface area is 263 Å². The summed E-state index contributed by atoms with van der Waals surface area (Å²) in [7, 11) is 0. The van der Waals surface area contributed by atoms with E-state index in [1.165, 1.54) is 44.2 Å². The predicted molar refractivity (Wildman–Crippen MR) is 176 cm³/mol. The van der Waals surface area contributed by atoms with Crippen LogP contribution in [0.5, 0.6) is 0 Å². The van der Waals surface area contributed by atoms with Crippen molar-refractivity contribution in [2.24, 2.45) is 0 Å². The number of allylic oxidation sites excluding steroid dienone is 2. The molecule has 242 valence electrons. The molecule has 2 aromatic heterocycles. The summed E-state index contributed by atoms with van der Waals surface area (Å²) < 4.78 is 38.9. The summed E-state index contributed by atoms with van der Waals surface area (Å²) in [5.74, 6) is -0.743. The van der Waals surface area contributed by atoms with Crippen LogP contribution in [0.2, 0.25) is 0 Å². The maximum absolute atomic E-state index is 13.0. The number of carbonyl (C=O) groups excluding carboxylic acids is 1. The molecule has 1 atom stereocenters. The number of nitrogens with one attached hydrogen (secondary N) is 3. The molecule has 0 saturated heterocycles. The van der Waals surface area contributed by atoms with Crippen molar-refractivity contribution < 1.29 is 18.0 Å². The SMILES string of the molecule is CCCCCCC(C)NCCCC/C=C/Cc1cnc(N)c(C(=N)c2ccc(C(=O)Nc3cc(C(F)(F)F)ccn3)cc2)c1N. The molecule has 11 heteroatoms. The smallest absolute Gasteiger partial charge is 0.398 e. The minimum absolute atomic E-state index is 0.0434. The summed E-state index contributed by atoms with van der Waals surface area (Å²) in [6.45, 7) is 5.50. The molecule has 0 aliphatic carbocycles. The van der Waals surface area contributed by atoms with Crippen molar-refractivity contribution in [2.45, 2.75) is 83.9 Å². The van der Waals surface area contributed by atoms with Gasteiger partial charge < -0.3 is 22.1 Å². The number of nitrogens with two attached hydrogens (primary N) is 2. The number of nitrogens with zero attached hydrogens (tertiary/aromatic N) is 2. The van der Waals surface area contributed by atoms with E-state index in [0.717, 1.165) is 49.7 Å². The lowest BCUT2D eigenvalue weighted by atomic mass is 9.97. The van der Waals surface area contributed by atoms with Gasteiger partial charge in [-0.05, 0) is 75.4 Å². The fourth-order valence-corrected chi connectivity index (χ4v) is 4.84. The Balaban J connectivity index is 1.52. The van der Waals surface area contributed by atoms with Crippen molar-refractivity contribution in [1.29, 1.82) is 5.41 Å². The van der Waals surface area contributed by atoms with Gasteiger partial charge in [0.2, 0.25) is 0 Å². The van der Waals surface area contributed by atoms with Crippen molar-refractivity contribution in [1.82, 2.24) is 15.3 Å². The largest absolute Gasteiger partial charge is 0.416 e. The molecule has 3 aromatic rings. The van der Waals surface area contributed by atoms with E-state index in [-0.39, 0.29) is 22.9 Å². The summed E-state index contributed by atoms with van der Waals surface area (Å²) in [6, 6.07) is 8.16. The third-order valence-corrected chi connectivity index (χ3v) is 7.53. The first-order valence-electron chi connectivity index (χ1n) is 15.5. The highest BCUT2D eigenvalue weighted by Crippen LogP contribution is 2.30. The first-order valence-corrected chi connectivity index (χ1v) is 15.5. The van der Waals surface area contributed by atoms with Crippen LogP contribution in [0.4, 0.5) is 30.5 Å². The standard InChI is InChI=1S/C34H44F3N7O/c1-3-4-5-9-12-23(2)41-19-11-8-6-7-10-13-26-22-43-32(40)29(31(26)39)30(38)24-14-16-25(17-15-24)33(45)44-28-21-27(18-20-42-28)34(35,36)37/h7,10,14-18,20-23,38,41H,3-6,8-9,11-13,19H2,1-2H3,(H4,39,40,43)(H,42,44,45)/b10-7+,38-30?. The van der Waals surface area contributed by atoms with Gasteiger partial charge in [0.1, 0.15) is 11.6 Å². The van der Waals surface area contributed by atoms with Crippen LogP contribution in [-0.4, -0.2) is 34.2 Å². The van der Waals surface area contributed by atoms with Crippen LogP contribution >= 0.6 is 0 Å². The lowest BCUT2D eigenvalue weighted by molar-refractivity contribution is -0.137. The fraction of sp³-hybridized carbons (Fsp3) is 0.412. The van der Waals surface area contributed by atoms with E-state index in [2.05, 4.69) is 40.5 Å². The minimum Gasteiger partial charge on any atom is -0.398 e. The molecule has 0 saturated carbocycles. The highest BCUT2D eigenvalue weighted by molar-refractivity contribution is 6.17. The Bertz CT molecular complexity index is 1440. The van der Waals surface area contributed by atoms with Crippen LogP contribution in [-0.2, 0) is 12.6 Å². The number of nitrogen functional groups attached to an aromatic ring is 2. The zero-order chi connectivity index (χ0) is 32.8. The van der Waals surface area contributed by atoms with Gasteiger partial charge in [-0.1, -0.05) is 56.9 Å². The molecular weight excluding hydrogens is 579 g/mol. The molecule has 8 nitrogen and oxygen atoms in total. The number of aromatic nitrogens is 2. The van der Waals surface area contributed by atoms with Gasteiger partial charge in [0.05, 0.1) is 16.8 Å². The van der Waals surface area contributed by atoms with Gasteiger partial charge in [0, 0.05) is 35.2 Å². The van der Waals surface area contributed by atoms with E-state index in [9.17, 15) is 18.0 Å². The molecule has 0 aliphatic rings. The number of carbonyl (C=O) groups is 1. The monoisotopic (exact) mass is 623 g/mol. The van der Waals surface area contributed by atoms with Gasteiger partial charge in [-0.15, -0.1) is 0 Å². The molecule has 2 heterocycles. The molecule has 0 aliphatic heterocycles. The summed E-state index contributed by atoms with van der Waals surface area (Å²) >= 11 is 0. The van der Waals surface area contributed by atoms with Crippen molar-refractivity contribution in [2.75, 3.05) is 23.3 Å². The van der Waals surface area contributed by atoms with E-state index in [1.807, 2.05) is 6.08 Å². The number of unbranched alkanes of at least 4 members (excludes halogenated alkanes) is 5. The third kappa shape index (κ3) is 11.0.